The van der Waals surface area contributed by atoms with Crippen LogP contribution in [0.15, 0.2) is 48.5 Å². The summed E-state index contributed by atoms with van der Waals surface area (Å²) in [5, 5.41) is 12.2. The van der Waals surface area contributed by atoms with Crippen LogP contribution in [0.4, 0.5) is 0 Å². The van der Waals surface area contributed by atoms with Crippen LogP contribution in [0.5, 0.6) is 0 Å². The zero-order valence-corrected chi connectivity index (χ0v) is 23.7. The molecule has 0 radical (unpaired) electrons. The van der Waals surface area contributed by atoms with Gasteiger partial charge in [0.1, 0.15) is 5.60 Å². The van der Waals surface area contributed by atoms with Gasteiger partial charge in [0.2, 0.25) is 0 Å². The molecule has 2 saturated carbocycles. The monoisotopic (exact) mass is 545 g/mol. The standard InChI is InChI=1S/C32H43N5O3/c1-35-33-28(31(34-35)16-6-4-2-3-5-7-17-31)26-12-8-24(9-13-26)25-10-14-27(15-11-25)29(38)36-20-22-37(23-21-36)30(39)32(40)18-19-32/h8-15,28,33-34,40H,2-7,16-23H2,1H3. The number of hydrogen-bond donors (Lipinski definition) is 3. The highest BCUT2D eigenvalue weighted by molar-refractivity contribution is 5.95. The van der Waals surface area contributed by atoms with Crippen molar-refractivity contribution in [2.75, 3.05) is 33.2 Å². The van der Waals surface area contributed by atoms with Gasteiger partial charge in [-0.15, -0.1) is 0 Å². The van der Waals surface area contributed by atoms with E-state index in [1.807, 2.05) is 24.3 Å². The number of hydrogen-bond acceptors (Lipinski definition) is 6. The molecule has 1 spiro atoms. The van der Waals surface area contributed by atoms with Crippen molar-refractivity contribution in [1.82, 2.24) is 25.8 Å². The smallest absolute Gasteiger partial charge is 0.254 e. The van der Waals surface area contributed by atoms with Crippen molar-refractivity contribution in [1.29, 1.82) is 0 Å². The Morgan fingerprint density at radius 3 is 1.85 bits per heavy atom. The van der Waals surface area contributed by atoms with Crippen molar-refractivity contribution in [3.8, 4) is 11.1 Å². The summed E-state index contributed by atoms with van der Waals surface area (Å²) < 4.78 is 0. The molecule has 0 aromatic heterocycles. The highest BCUT2D eigenvalue weighted by Crippen LogP contribution is 2.40. The third-order valence-corrected chi connectivity index (χ3v) is 9.45. The van der Waals surface area contributed by atoms with E-state index in [2.05, 4.69) is 47.3 Å². The van der Waals surface area contributed by atoms with E-state index in [1.165, 1.54) is 56.9 Å². The average molecular weight is 546 g/mol. The molecule has 4 aliphatic rings. The van der Waals surface area contributed by atoms with Gasteiger partial charge in [-0.3, -0.25) is 9.59 Å². The van der Waals surface area contributed by atoms with E-state index in [-0.39, 0.29) is 23.4 Å². The second-order valence-electron chi connectivity index (χ2n) is 12.3. The first kappa shape index (κ1) is 27.4. The number of carbonyl (C=O) groups is 2. The lowest BCUT2D eigenvalue weighted by Crippen LogP contribution is -2.53. The maximum absolute atomic E-state index is 13.1. The molecule has 0 bridgehead atoms. The first-order chi connectivity index (χ1) is 19.4. The van der Waals surface area contributed by atoms with Gasteiger partial charge < -0.3 is 14.9 Å². The fraction of sp³-hybridized carbons (Fsp3) is 0.562. The number of aliphatic hydroxyl groups is 1. The van der Waals surface area contributed by atoms with E-state index in [9.17, 15) is 14.7 Å². The number of piperazine rings is 1. The fourth-order valence-corrected chi connectivity index (χ4v) is 6.85. The van der Waals surface area contributed by atoms with Gasteiger partial charge in [0.05, 0.1) is 11.6 Å². The molecule has 2 heterocycles. The number of carbonyl (C=O) groups excluding carboxylic acids is 2. The maximum Gasteiger partial charge on any atom is 0.254 e. The lowest BCUT2D eigenvalue weighted by molar-refractivity contribution is -0.143. The maximum atomic E-state index is 13.1. The van der Waals surface area contributed by atoms with Crippen LogP contribution in [0.2, 0.25) is 0 Å². The minimum Gasteiger partial charge on any atom is -0.380 e. The van der Waals surface area contributed by atoms with Crippen LogP contribution in [0.3, 0.4) is 0 Å². The summed E-state index contributed by atoms with van der Waals surface area (Å²) in [6.07, 6.45) is 11.3. The van der Waals surface area contributed by atoms with Crippen LogP contribution in [-0.2, 0) is 4.79 Å². The molecule has 40 heavy (non-hydrogen) atoms. The number of hydrazine groups is 2. The normalized spacial score (nSPS) is 24.8. The summed E-state index contributed by atoms with van der Waals surface area (Å²) in [4.78, 5) is 29.0. The van der Waals surface area contributed by atoms with Crippen molar-refractivity contribution in [2.24, 2.45) is 0 Å². The Bertz CT molecular complexity index is 1190. The molecular weight excluding hydrogens is 502 g/mol. The van der Waals surface area contributed by atoms with Crippen molar-refractivity contribution in [3.05, 3.63) is 59.7 Å². The first-order valence-electron chi connectivity index (χ1n) is 15.2. The van der Waals surface area contributed by atoms with E-state index in [0.717, 1.165) is 11.1 Å². The van der Waals surface area contributed by atoms with Gasteiger partial charge in [-0.2, -0.15) is 5.12 Å². The highest BCUT2D eigenvalue weighted by Gasteiger charge is 2.50. The van der Waals surface area contributed by atoms with Crippen molar-refractivity contribution < 1.29 is 14.7 Å². The Morgan fingerprint density at radius 2 is 1.27 bits per heavy atom. The van der Waals surface area contributed by atoms with Gasteiger partial charge in [-0.1, -0.05) is 74.9 Å². The first-order valence-corrected chi connectivity index (χ1v) is 15.2. The summed E-state index contributed by atoms with van der Waals surface area (Å²) in [7, 11) is 2.07. The summed E-state index contributed by atoms with van der Waals surface area (Å²) in [6.45, 7) is 1.93. The van der Waals surface area contributed by atoms with Crippen molar-refractivity contribution in [3.63, 3.8) is 0 Å². The minimum atomic E-state index is -1.14. The predicted molar refractivity (Wildman–Crippen MR) is 155 cm³/mol. The fourth-order valence-electron chi connectivity index (χ4n) is 6.85. The molecule has 8 nitrogen and oxygen atoms in total. The second kappa shape index (κ2) is 11.2. The van der Waals surface area contributed by atoms with E-state index in [4.69, 9.17) is 0 Å². The third kappa shape index (κ3) is 5.55. The van der Waals surface area contributed by atoms with Crippen LogP contribution in [-0.4, -0.2) is 76.2 Å². The second-order valence-corrected chi connectivity index (χ2v) is 12.3. The topological polar surface area (TPSA) is 88.2 Å². The lowest BCUT2D eigenvalue weighted by atomic mass is 9.79. The minimum absolute atomic E-state index is 0.0108. The van der Waals surface area contributed by atoms with Crippen LogP contribution in [0.1, 0.15) is 86.2 Å². The van der Waals surface area contributed by atoms with Crippen LogP contribution >= 0.6 is 0 Å². The molecule has 2 aliphatic heterocycles. The van der Waals surface area contributed by atoms with Gasteiger partial charge in [0, 0.05) is 38.8 Å². The molecule has 2 aliphatic carbocycles. The summed E-state index contributed by atoms with van der Waals surface area (Å²) in [5.74, 6) is -0.194. The molecular formula is C32H43N5O3. The van der Waals surface area contributed by atoms with Crippen LogP contribution < -0.4 is 10.9 Å². The Hall–Kier alpha value is -2.78. The van der Waals surface area contributed by atoms with Gasteiger partial charge in [-0.05, 0) is 54.5 Å². The van der Waals surface area contributed by atoms with Crippen molar-refractivity contribution >= 4 is 11.8 Å². The van der Waals surface area contributed by atoms with E-state index in [1.54, 1.807) is 9.80 Å². The van der Waals surface area contributed by atoms with Gasteiger partial charge in [-0.25, -0.2) is 10.9 Å². The largest absolute Gasteiger partial charge is 0.380 e. The molecule has 6 rings (SSSR count). The molecule has 1 atom stereocenters. The molecule has 2 aromatic carbocycles. The molecule has 2 amide bonds. The van der Waals surface area contributed by atoms with E-state index < -0.39 is 5.60 Å². The molecule has 3 N–H and O–H groups in total. The Labute approximate surface area is 237 Å². The molecule has 4 fully saturated rings. The Kier molecular flexibility index (Phi) is 7.70. The third-order valence-electron chi connectivity index (χ3n) is 9.45. The molecule has 8 heteroatoms. The zero-order valence-electron chi connectivity index (χ0n) is 23.7. The molecule has 214 valence electrons. The Morgan fingerprint density at radius 1 is 0.750 bits per heavy atom. The van der Waals surface area contributed by atoms with Crippen LogP contribution in [0.25, 0.3) is 11.1 Å². The van der Waals surface area contributed by atoms with Gasteiger partial charge >= 0.3 is 0 Å². The number of nitrogens with one attached hydrogen (secondary N) is 2. The predicted octanol–water partition coefficient (Wildman–Crippen LogP) is 4.03. The van der Waals surface area contributed by atoms with E-state index >= 15 is 0 Å². The molecule has 2 aromatic rings. The average Bonchev–Trinajstić information content (AvgIpc) is 3.62. The highest BCUT2D eigenvalue weighted by atomic mass is 16.3. The van der Waals surface area contributed by atoms with Gasteiger partial charge in [0.25, 0.3) is 11.8 Å². The quantitative estimate of drug-likeness (QED) is 0.538. The van der Waals surface area contributed by atoms with Crippen LogP contribution in [0, 0.1) is 0 Å². The Balaban J connectivity index is 1.10. The number of nitrogens with zero attached hydrogens (tertiary/aromatic N) is 3. The SMILES string of the molecule is CN1NC(c2ccc(-c3ccc(C(=O)N4CCN(C(=O)C5(O)CC5)CC4)cc3)cc2)C2(CCCCCCCC2)N1. The number of rotatable bonds is 4. The molecule has 2 saturated heterocycles. The van der Waals surface area contributed by atoms with Crippen molar-refractivity contribution in [2.45, 2.75) is 81.4 Å². The lowest BCUT2D eigenvalue weighted by Gasteiger charge is -2.35. The molecule has 1 unspecified atom stereocenters. The zero-order chi connectivity index (χ0) is 27.7. The summed E-state index contributed by atoms with van der Waals surface area (Å²) in [6, 6.07) is 17.0. The number of benzene rings is 2. The summed E-state index contributed by atoms with van der Waals surface area (Å²) in [5.41, 5.74) is 10.5. The summed E-state index contributed by atoms with van der Waals surface area (Å²) >= 11 is 0. The van der Waals surface area contributed by atoms with Gasteiger partial charge in [0.15, 0.2) is 0 Å². The number of amides is 2. The van der Waals surface area contributed by atoms with E-state index in [0.29, 0.717) is 44.6 Å².